The lowest BCUT2D eigenvalue weighted by molar-refractivity contribution is 0.157. The predicted octanol–water partition coefficient (Wildman–Crippen LogP) is 2.11. The van der Waals surface area contributed by atoms with Crippen LogP contribution in [0.1, 0.15) is 38.6 Å². The lowest BCUT2D eigenvalue weighted by atomic mass is 9.92. The van der Waals surface area contributed by atoms with Crippen molar-refractivity contribution >= 4 is 0 Å². The standard InChI is InChI=1S/C17H32N4O/c1-17(2,3)16-10-15(18-19-16)13-20(4)11-14-6-7-21(12-14)8-9-22-5/h10,14H,6-9,11-13H2,1-5H3,(H,18,19)/t14-/m1/s1. The minimum Gasteiger partial charge on any atom is -0.383 e. The van der Waals surface area contributed by atoms with Crippen LogP contribution < -0.4 is 0 Å². The van der Waals surface area contributed by atoms with E-state index in [0.717, 1.165) is 37.9 Å². The second-order valence-electron chi connectivity index (χ2n) is 7.67. The van der Waals surface area contributed by atoms with Crippen molar-refractivity contribution in [3.05, 3.63) is 17.5 Å². The fourth-order valence-corrected chi connectivity index (χ4v) is 3.11. The molecule has 0 aliphatic carbocycles. The lowest BCUT2D eigenvalue weighted by Crippen LogP contribution is -2.29. The highest BCUT2D eigenvalue weighted by Gasteiger charge is 2.23. The molecule has 1 saturated heterocycles. The van der Waals surface area contributed by atoms with E-state index >= 15 is 0 Å². The first-order chi connectivity index (χ1) is 10.4. The molecule has 1 aliphatic rings. The number of likely N-dealkylation sites (tertiary alicyclic amines) is 1. The van der Waals surface area contributed by atoms with Crippen molar-refractivity contribution in [1.82, 2.24) is 20.0 Å². The van der Waals surface area contributed by atoms with Crippen molar-refractivity contribution in [2.24, 2.45) is 5.92 Å². The largest absolute Gasteiger partial charge is 0.383 e. The second-order valence-corrected chi connectivity index (χ2v) is 7.67. The molecule has 0 aromatic carbocycles. The topological polar surface area (TPSA) is 44.4 Å². The number of aromatic amines is 1. The number of hydrogen-bond donors (Lipinski definition) is 1. The van der Waals surface area contributed by atoms with E-state index in [2.05, 4.69) is 53.9 Å². The van der Waals surface area contributed by atoms with Crippen molar-refractivity contribution < 1.29 is 4.74 Å². The summed E-state index contributed by atoms with van der Waals surface area (Å²) in [6, 6.07) is 2.20. The van der Waals surface area contributed by atoms with Crippen LogP contribution in [0.15, 0.2) is 6.07 Å². The number of hydrogen-bond acceptors (Lipinski definition) is 4. The van der Waals surface area contributed by atoms with Gasteiger partial charge < -0.3 is 14.5 Å². The highest BCUT2D eigenvalue weighted by Crippen LogP contribution is 2.21. The Morgan fingerprint density at radius 3 is 2.86 bits per heavy atom. The Labute approximate surface area is 135 Å². The van der Waals surface area contributed by atoms with E-state index in [-0.39, 0.29) is 5.41 Å². The molecule has 1 aliphatic heterocycles. The van der Waals surface area contributed by atoms with Crippen LogP contribution in [-0.2, 0) is 16.7 Å². The smallest absolute Gasteiger partial charge is 0.0678 e. The van der Waals surface area contributed by atoms with Gasteiger partial charge in [0.2, 0.25) is 0 Å². The van der Waals surface area contributed by atoms with E-state index in [9.17, 15) is 0 Å². The minimum atomic E-state index is 0.112. The zero-order chi connectivity index (χ0) is 16.2. The van der Waals surface area contributed by atoms with Crippen LogP contribution in [0.25, 0.3) is 0 Å². The molecule has 1 aromatic rings. The molecule has 5 nitrogen and oxygen atoms in total. The molecule has 0 amide bonds. The van der Waals surface area contributed by atoms with Gasteiger partial charge in [0.1, 0.15) is 0 Å². The van der Waals surface area contributed by atoms with Crippen molar-refractivity contribution in [3.63, 3.8) is 0 Å². The summed E-state index contributed by atoms with van der Waals surface area (Å²) in [5.74, 6) is 0.770. The monoisotopic (exact) mass is 308 g/mol. The number of rotatable bonds is 7. The normalized spacial score (nSPS) is 20.2. The van der Waals surface area contributed by atoms with E-state index in [0.29, 0.717) is 0 Å². The number of nitrogens with one attached hydrogen (secondary N) is 1. The third-order valence-corrected chi connectivity index (χ3v) is 4.39. The maximum absolute atomic E-state index is 5.17. The van der Waals surface area contributed by atoms with Gasteiger partial charge in [-0.15, -0.1) is 0 Å². The first-order valence-corrected chi connectivity index (χ1v) is 8.33. The van der Waals surface area contributed by atoms with Gasteiger partial charge in [-0.05, 0) is 32.0 Å². The molecule has 1 fully saturated rings. The van der Waals surface area contributed by atoms with E-state index in [1.807, 2.05) is 0 Å². The molecular weight excluding hydrogens is 276 g/mol. The number of methoxy groups -OCH3 is 1. The molecule has 0 saturated carbocycles. The summed E-state index contributed by atoms with van der Waals surface area (Å²) < 4.78 is 5.17. The lowest BCUT2D eigenvalue weighted by Gasteiger charge is -2.21. The van der Waals surface area contributed by atoms with Crippen LogP contribution in [0.5, 0.6) is 0 Å². The first-order valence-electron chi connectivity index (χ1n) is 8.33. The van der Waals surface area contributed by atoms with Crippen molar-refractivity contribution in [1.29, 1.82) is 0 Å². The molecular formula is C17H32N4O. The summed E-state index contributed by atoms with van der Waals surface area (Å²) >= 11 is 0. The molecule has 126 valence electrons. The summed E-state index contributed by atoms with van der Waals surface area (Å²) in [6.45, 7) is 13.0. The molecule has 0 radical (unpaired) electrons. The summed E-state index contributed by atoms with van der Waals surface area (Å²) in [4.78, 5) is 4.92. The second kappa shape index (κ2) is 7.57. The van der Waals surface area contributed by atoms with Crippen molar-refractivity contribution in [3.8, 4) is 0 Å². The predicted molar refractivity (Wildman–Crippen MR) is 90.0 cm³/mol. The molecule has 1 aromatic heterocycles. The van der Waals surface area contributed by atoms with Gasteiger partial charge in [-0.3, -0.25) is 5.10 Å². The summed E-state index contributed by atoms with van der Waals surface area (Å²) in [5, 5.41) is 7.63. The van der Waals surface area contributed by atoms with E-state index in [1.54, 1.807) is 7.11 Å². The number of H-pyrrole nitrogens is 1. The zero-order valence-corrected chi connectivity index (χ0v) is 14.9. The van der Waals surface area contributed by atoms with Crippen LogP contribution >= 0.6 is 0 Å². The fourth-order valence-electron chi connectivity index (χ4n) is 3.11. The number of ether oxygens (including phenoxy) is 1. The number of aromatic nitrogens is 2. The molecule has 2 rings (SSSR count). The van der Waals surface area contributed by atoms with Crippen molar-refractivity contribution in [2.75, 3.05) is 46.9 Å². The molecule has 0 bridgehead atoms. The quantitative estimate of drug-likeness (QED) is 0.838. The molecule has 0 spiro atoms. The van der Waals surface area contributed by atoms with Gasteiger partial charge in [-0.25, -0.2) is 0 Å². The average molecular weight is 308 g/mol. The van der Waals surface area contributed by atoms with Gasteiger partial charge >= 0.3 is 0 Å². The average Bonchev–Trinajstić information content (AvgIpc) is 3.05. The maximum atomic E-state index is 5.17. The third-order valence-electron chi connectivity index (χ3n) is 4.39. The Bertz CT molecular complexity index is 452. The zero-order valence-electron chi connectivity index (χ0n) is 14.9. The van der Waals surface area contributed by atoms with Gasteiger partial charge in [0.05, 0.1) is 12.3 Å². The third kappa shape index (κ3) is 5.07. The van der Waals surface area contributed by atoms with Gasteiger partial charge in [0.15, 0.2) is 0 Å². The summed E-state index contributed by atoms with van der Waals surface area (Å²) in [5.41, 5.74) is 2.46. The van der Waals surface area contributed by atoms with Gasteiger partial charge in [0, 0.05) is 44.4 Å². The van der Waals surface area contributed by atoms with Crippen molar-refractivity contribution in [2.45, 2.75) is 39.2 Å². The summed E-state index contributed by atoms with van der Waals surface area (Å²) in [7, 11) is 3.98. The fraction of sp³-hybridized carbons (Fsp3) is 0.824. The molecule has 1 atom stereocenters. The Hall–Kier alpha value is -0.910. The SMILES string of the molecule is COCCN1CC[C@H](CN(C)Cc2cc(C(C)(C)C)n[nH]2)C1. The summed E-state index contributed by atoms with van der Waals surface area (Å²) in [6.07, 6.45) is 1.30. The Morgan fingerprint density at radius 1 is 1.45 bits per heavy atom. The van der Waals surface area contributed by atoms with Crippen LogP contribution in [0, 0.1) is 5.92 Å². The highest BCUT2D eigenvalue weighted by atomic mass is 16.5. The molecule has 22 heavy (non-hydrogen) atoms. The van der Waals surface area contributed by atoms with Gasteiger partial charge in [-0.2, -0.15) is 5.10 Å². The maximum Gasteiger partial charge on any atom is 0.0678 e. The highest BCUT2D eigenvalue weighted by molar-refractivity contribution is 5.16. The van der Waals surface area contributed by atoms with Gasteiger partial charge in [0.25, 0.3) is 0 Å². The van der Waals surface area contributed by atoms with Crippen LogP contribution in [0.4, 0.5) is 0 Å². The first kappa shape index (κ1) is 17.4. The Kier molecular flexibility index (Phi) is 6.01. The van der Waals surface area contributed by atoms with Gasteiger partial charge in [-0.1, -0.05) is 20.8 Å². The van der Waals surface area contributed by atoms with E-state index in [4.69, 9.17) is 4.74 Å². The molecule has 0 unspecified atom stereocenters. The molecule has 1 N–H and O–H groups in total. The van der Waals surface area contributed by atoms with Crippen LogP contribution in [0.3, 0.4) is 0 Å². The number of nitrogens with zero attached hydrogens (tertiary/aromatic N) is 3. The van der Waals surface area contributed by atoms with E-state index < -0.39 is 0 Å². The Morgan fingerprint density at radius 2 is 2.23 bits per heavy atom. The Balaban J connectivity index is 1.76. The molecule has 2 heterocycles. The molecule has 5 heteroatoms. The van der Waals surface area contributed by atoms with E-state index in [1.165, 1.54) is 25.2 Å². The minimum absolute atomic E-state index is 0.112. The van der Waals surface area contributed by atoms with Crippen LogP contribution in [0.2, 0.25) is 0 Å². The van der Waals surface area contributed by atoms with Crippen LogP contribution in [-0.4, -0.2) is 66.9 Å².